The lowest BCUT2D eigenvalue weighted by Gasteiger charge is -2.09. The zero-order chi connectivity index (χ0) is 12.1. The van der Waals surface area contributed by atoms with Crippen LogP contribution in [-0.2, 0) is 29.5 Å². The Morgan fingerprint density at radius 2 is 2.38 bits per heavy atom. The average molecular weight is 225 g/mol. The number of nitrogens with one attached hydrogen (secondary N) is 1. The second-order valence-corrected chi connectivity index (χ2v) is 3.72. The summed E-state index contributed by atoms with van der Waals surface area (Å²) >= 11 is 0. The molecule has 1 heterocycles. The molecule has 0 bridgehead atoms. The first-order valence-corrected chi connectivity index (χ1v) is 5.40. The van der Waals surface area contributed by atoms with Gasteiger partial charge in [-0.25, -0.2) is 0 Å². The van der Waals surface area contributed by atoms with E-state index in [0.29, 0.717) is 6.54 Å². The predicted molar refractivity (Wildman–Crippen MR) is 60.9 cm³/mol. The number of nitrogens with zero attached hydrogens (tertiary/aromatic N) is 2. The van der Waals surface area contributed by atoms with Crippen LogP contribution in [0.4, 0.5) is 0 Å². The van der Waals surface area contributed by atoms with Crippen LogP contribution < -0.4 is 5.32 Å². The van der Waals surface area contributed by atoms with Gasteiger partial charge in [0.15, 0.2) is 0 Å². The molecule has 1 aromatic rings. The Morgan fingerprint density at radius 1 is 1.69 bits per heavy atom. The summed E-state index contributed by atoms with van der Waals surface area (Å²) in [7, 11) is 3.40. The largest absolute Gasteiger partial charge is 0.372 e. The summed E-state index contributed by atoms with van der Waals surface area (Å²) in [4.78, 5) is 11.5. The van der Waals surface area contributed by atoms with Crippen LogP contribution in [0, 0.1) is 0 Å². The maximum absolute atomic E-state index is 11.5. The molecule has 1 unspecified atom stereocenters. The van der Waals surface area contributed by atoms with Gasteiger partial charge in [-0.1, -0.05) is 6.92 Å². The van der Waals surface area contributed by atoms with Gasteiger partial charge in [0, 0.05) is 32.5 Å². The van der Waals surface area contributed by atoms with Crippen LogP contribution in [0.15, 0.2) is 6.20 Å². The SMILES string of the molecule is CCc1nn(C)cc1CNC(=O)C(C)OC. The third kappa shape index (κ3) is 3.06. The van der Waals surface area contributed by atoms with Crippen molar-refractivity contribution in [3.05, 3.63) is 17.5 Å². The van der Waals surface area contributed by atoms with Crippen LogP contribution in [-0.4, -0.2) is 28.9 Å². The summed E-state index contributed by atoms with van der Waals surface area (Å²) in [5.41, 5.74) is 2.08. The van der Waals surface area contributed by atoms with Gasteiger partial charge in [-0.15, -0.1) is 0 Å². The monoisotopic (exact) mass is 225 g/mol. The quantitative estimate of drug-likeness (QED) is 0.799. The summed E-state index contributed by atoms with van der Waals surface area (Å²) in [6.07, 6.45) is 2.38. The summed E-state index contributed by atoms with van der Waals surface area (Å²) < 4.78 is 6.69. The van der Waals surface area contributed by atoms with E-state index in [0.717, 1.165) is 17.7 Å². The lowest BCUT2D eigenvalue weighted by Crippen LogP contribution is -2.33. The van der Waals surface area contributed by atoms with Gasteiger partial charge in [0.1, 0.15) is 6.10 Å². The molecule has 5 heteroatoms. The first-order chi connectivity index (χ1) is 7.58. The number of amides is 1. The first-order valence-electron chi connectivity index (χ1n) is 5.40. The maximum atomic E-state index is 11.5. The van der Waals surface area contributed by atoms with Gasteiger partial charge in [0.25, 0.3) is 0 Å². The molecular formula is C11H19N3O2. The highest BCUT2D eigenvalue weighted by Gasteiger charge is 2.12. The van der Waals surface area contributed by atoms with E-state index < -0.39 is 6.10 Å². The van der Waals surface area contributed by atoms with Crippen LogP contribution in [0.1, 0.15) is 25.1 Å². The van der Waals surface area contributed by atoms with E-state index in [2.05, 4.69) is 10.4 Å². The topological polar surface area (TPSA) is 56.2 Å². The molecule has 5 nitrogen and oxygen atoms in total. The van der Waals surface area contributed by atoms with Crippen LogP contribution in [0.2, 0.25) is 0 Å². The number of aryl methyl sites for hydroxylation is 2. The highest BCUT2D eigenvalue weighted by molar-refractivity contribution is 5.80. The Balaban J connectivity index is 2.57. The van der Waals surface area contributed by atoms with Crippen molar-refractivity contribution in [1.82, 2.24) is 15.1 Å². The fraction of sp³-hybridized carbons (Fsp3) is 0.636. The average Bonchev–Trinajstić information content (AvgIpc) is 2.65. The molecular weight excluding hydrogens is 206 g/mol. The number of aromatic nitrogens is 2. The van der Waals surface area contributed by atoms with Gasteiger partial charge in [-0.3, -0.25) is 9.48 Å². The lowest BCUT2D eigenvalue weighted by atomic mass is 10.2. The summed E-state index contributed by atoms with van der Waals surface area (Å²) in [6, 6.07) is 0. The molecule has 0 saturated carbocycles. The number of hydrogen-bond acceptors (Lipinski definition) is 3. The van der Waals surface area contributed by atoms with Gasteiger partial charge >= 0.3 is 0 Å². The fourth-order valence-corrected chi connectivity index (χ4v) is 1.46. The van der Waals surface area contributed by atoms with Crippen molar-refractivity contribution in [1.29, 1.82) is 0 Å². The Morgan fingerprint density at radius 3 is 2.94 bits per heavy atom. The lowest BCUT2D eigenvalue weighted by molar-refractivity contribution is -0.130. The summed E-state index contributed by atoms with van der Waals surface area (Å²) in [5, 5.41) is 7.13. The fourth-order valence-electron chi connectivity index (χ4n) is 1.46. The van der Waals surface area contributed by atoms with E-state index in [1.165, 1.54) is 7.11 Å². The molecule has 0 spiro atoms. The van der Waals surface area contributed by atoms with Crippen LogP contribution in [0.25, 0.3) is 0 Å². The van der Waals surface area contributed by atoms with Crippen molar-refractivity contribution < 1.29 is 9.53 Å². The van der Waals surface area contributed by atoms with E-state index in [1.54, 1.807) is 11.6 Å². The Kier molecular flexibility index (Phi) is 4.49. The van der Waals surface area contributed by atoms with Gasteiger partial charge < -0.3 is 10.1 Å². The molecule has 1 rings (SSSR count). The maximum Gasteiger partial charge on any atom is 0.249 e. The molecule has 0 fully saturated rings. The Labute approximate surface area is 95.8 Å². The first kappa shape index (κ1) is 12.7. The minimum atomic E-state index is -0.415. The molecule has 16 heavy (non-hydrogen) atoms. The smallest absolute Gasteiger partial charge is 0.249 e. The van der Waals surface area contributed by atoms with Crippen LogP contribution in [0.3, 0.4) is 0 Å². The normalized spacial score (nSPS) is 12.5. The van der Waals surface area contributed by atoms with E-state index in [-0.39, 0.29) is 5.91 Å². The standard InChI is InChI=1S/C11H19N3O2/c1-5-10-9(7-14(3)13-10)6-12-11(15)8(2)16-4/h7-8H,5-6H2,1-4H3,(H,12,15). The molecule has 0 radical (unpaired) electrons. The third-order valence-electron chi connectivity index (χ3n) is 2.50. The van der Waals surface area contributed by atoms with Gasteiger partial charge in [-0.2, -0.15) is 5.10 Å². The van der Waals surface area contributed by atoms with E-state index in [4.69, 9.17) is 4.74 Å². The number of hydrogen-bond donors (Lipinski definition) is 1. The van der Waals surface area contributed by atoms with E-state index in [9.17, 15) is 4.79 Å². The highest BCUT2D eigenvalue weighted by atomic mass is 16.5. The molecule has 1 N–H and O–H groups in total. The molecule has 1 atom stereocenters. The predicted octanol–water partition coefficient (Wildman–Crippen LogP) is 0.634. The molecule has 1 aromatic heterocycles. The van der Waals surface area contributed by atoms with Crippen molar-refractivity contribution in [3.8, 4) is 0 Å². The Bertz CT molecular complexity index is 360. The van der Waals surface area contributed by atoms with Crippen molar-refractivity contribution in [3.63, 3.8) is 0 Å². The second-order valence-electron chi connectivity index (χ2n) is 3.72. The minimum Gasteiger partial charge on any atom is -0.372 e. The van der Waals surface area contributed by atoms with Gasteiger partial charge in [-0.05, 0) is 13.3 Å². The highest BCUT2D eigenvalue weighted by Crippen LogP contribution is 2.06. The van der Waals surface area contributed by atoms with Gasteiger partial charge in [0.05, 0.1) is 5.69 Å². The van der Waals surface area contributed by atoms with Crippen molar-refractivity contribution in [2.45, 2.75) is 32.9 Å². The second kappa shape index (κ2) is 5.65. The zero-order valence-electron chi connectivity index (χ0n) is 10.3. The van der Waals surface area contributed by atoms with E-state index >= 15 is 0 Å². The van der Waals surface area contributed by atoms with Gasteiger partial charge in [0.2, 0.25) is 5.91 Å². The molecule has 0 aliphatic heterocycles. The van der Waals surface area contributed by atoms with Crippen molar-refractivity contribution in [2.24, 2.45) is 7.05 Å². The summed E-state index contributed by atoms with van der Waals surface area (Å²) in [6.45, 7) is 4.27. The minimum absolute atomic E-state index is 0.103. The van der Waals surface area contributed by atoms with Crippen LogP contribution in [0.5, 0.6) is 0 Å². The van der Waals surface area contributed by atoms with Crippen molar-refractivity contribution >= 4 is 5.91 Å². The Hall–Kier alpha value is -1.36. The molecule has 90 valence electrons. The number of ether oxygens (including phenoxy) is 1. The molecule has 0 aromatic carbocycles. The molecule has 0 aliphatic carbocycles. The van der Waals surface area contributed by atoms with Crippen LogP contribution >= 0.6 is 0 Å². The number of methoxy groups -OCH3 is 1. The molecule has 0 aliphatic rings. The number of carbonyl (C=O) groups is 1. The summed E-state index contributed by atoms with van der Waals surface area (Å²) in [5.74, 6) is -0.103. The van der Waals surface area contributed by atoms with Crippen molar-refractivity contribution in [2.75, 3.05) is 7.11 Å². The zero-order valence-corrected chi connectivity index (χ0v) is 10.3. The third-order valence-corrected chi connectivity index (χ3v) is 2.50. The molecule has 1 amide bonds. The number of carbonyl (C=O) groups excluding carboxylic acids is 1. The molecule has 0 saturated heterocycles. The van der Waals surface area contributed by atoms with E-state index in [1.807, 2.05) is 20.2 Å². The number of rotatable bonds is 5.